The molecule has 0 aliphatic heterocycles. The SMILES string of the molecule is CCC(NC(=O)c1ccc(C)nc1C)/C(N)=N/O. The molecule has 0 aromatic carbocycles. The predicted octanol–water partition coefficient (Wildman–Crippen LogP) is 0.953. The molecule has 98 valence electrons. The maximum Gasteiger partial charge on any atom is 0.253 e. The average Bonchev–Trinajstić information content (AvgIpc) is 2.34. The Morgan fingerprint density at radius 3 is 2.72 bits per heavy atom. The van der Waals surface area contributed by atoms with Crippen molar-refractivity contribution in [1.29, 1.82) is 0 Å². The van der Waals surface area contributed by atoms with Crippen LogP contribution in [0.4, 0.5) is 0 Å². The van der Waals surface area contributed by atoms with E-state index in [2.05, 4.69) is 15.5 Å². The van der Waals surface area contributed by atoms with Crippen molar-refractivity contribution >= 4 is 11.7 Å². The summed E-state index contributed by atoms with van der Waals surface area (Å²) in [5.74, 6) is -0.290. The summed E-state index contributed by atoms with van der Waals surface area (Å²) < 4.78 is 0. The van der Waals surface area contributed by atoms with Crippen molar-refractivity contribution in [3.8, 4) is 0 Å². The van der Waals surface area contributed by atoms with Crippen LogP contribution in [0.1, 0.15) is 35.1 Å². The molecule has 18 heavy (non-hydrogen) atoms. The molecule has 1 unspecified atom stereocenters. The van der Waals surface area contributed by atoms with Crippen LogP contribution < -0.4 is 11.1 Å². The Morgan fingerprint density at radius 1 is 1.56 bits per heavy atom. The van der Waals surface area contributed by atoms with Gasteiger partial charge in [-0.05, 0) is 32.4 Å². The molecule has 1 amide bonds. The molecule has 0 spiro atoms. The third-order valence-corrected chi connectivity index (χ3v) is 2.66. The maximum absolute atomic E-state index is 12.0. The smallest absolute Gasteiger partial charge is 0.253 e. The predicted molar refractivity (Wildman–Crippen MR) is 68.7 cm³/mol. The van der Waals surface area contributed by atoms with Gasteiger partial charge >= 0.3 is 0 Å². The number of rotatable bonds is 4. The second-order valence-corrected chi connectivity index (χ2v) is 4.04. The molecule has 4 N–H and O–H groups in total. The van der Waals surface area contributed by atoms with Crippen molar-refractivity contribution in [3.05, 3.63) is 29.1 Å². The number of nitrogens with two attached hydrogens (primary N) is 1. The molecule has 6 heteroatoms. The molecule has 0 saturated heterocycles. The normalized spacial score (nSPS) is 13.2. The van der Waals surface area contributed by atoms with Gasteiger partial charge in [0.2, 0.25) is 0 Å². The second-order valence-electron chi connectivity index (χ2n) is 4.04. The monoisotopic (exact) mass is 250 g/mol. The summed E-state index contributed by atoms with van der Waals surface area (Å²) >= 11 is 0. The van der Waals surface area contributed by atoms with E-state index in [9.17, 15) is 4.79 Å². The van der Waals surface area contributed by atoms with E-state index in [0.29, 0.717) is 17.7 Å². The van der Waals surface area contributed by atoms with Gasteiger partial charge in [-0.25, -0.2) is 0 Å². The summed E-state index contributed by atoms with van der Waals surface area (Å²) in [6.45, 7) is 5.47. The fraction of sp³-hybridized carbons (Fsp3) is 0.417. The number of aromatic nitrogens is 1. The van der Waals surface area contributed by atoms with Gasteiger partial charge in [0.1, 0.15) is 0 Å². The summed E-state index contributed by atoms with van der Waals surface area (Å²) in [7, 11) is 0. The lowest BCUT2D eigenvalue weighted by atomic mass is 10.1. The molecule has 0 fully saturated rings. The Hall–Kier alpha value is -2.11. The van der Waals surface area contributed by atoms with Crippen LogP contribution >= 0.6 is 0 Å². The molecule has 1 atom stereocenters. The molecule has 6 nitrogen and oxygen atoms in total. The molecular formula is C12H18N4O2. The Bertz CT molecular complexity index is 471. The standard InChI is InChI=1S/C12H18N4O2/c1-4-10(11(13)16-18)15-12(17)9-6-5-7(2)14-8(9)3/h5-6,10,18H,4H2,1-3H3,(H2,13,16)(H,15,17). The highest BCUT2D eigenvalue weighted by atomic mass is 16.4. The fourth-order valence-corrected chi connectivity index (χ4v) is 1.62. The van der Waals surface area contributed by atoms with Gasteiger partial charge in [0.15, 0.2) is 5.84 Å². The Balaban J connectivity index is 2.88. The molecule has 0 bridgehead atoms. The Morgan fingerprint density at radius 2 is 2.22 bits per heavy atom. The highest BCUT2D eigenvalue weighted by Crippen LogP contribution is 2.07. The van der Waals surface area contributed by atoms with Gasteiger partial charge in [-0.2, -0.15) is 0 Å². The van der Waals surface area contributed by atoms with E-state index in [1.807, 2.05) is 13.8 Å². The van der Waals surface area contributed by atoms with Crippen LogP contribution in [-0.2, 0) is 0 Å². The third-order valence-electron chi connectivity index (χ3n) is 2.66. The first-order valence-electron chi connectivity index (χ1n) is 5.72. The van der Waals surface area contributed by atoms with Crippen LogP contribution in [0.3, 0.4) is 0 Å². The van der Waals surface area contributed by atoms with Crippen LogP contribution in [0.15, 0.2) is 17.3 Å². The zero-order valence-electron chi connectivity index (χ0n) is 10.8. The number of oxime groups is 1. The van der Waals surface area contributed by atoms with Crippen molar-refractivity contribution < 1.29 is 10.0 Å². The molecular weight excluding hydrogens is 232 g/mol. The number of carbonyl (C=O) groups is 1. The van der Waals surface area contributed by atoms with Crippen molar-refractivity contribution in [2.45, 2.75) is 33.2 Å². The molecule has 1 aromatic heterocycles. The number of pyridine rings is 1. The number of carbonyl (C=O) groups excluding carboxylic acids is 1. The lowest BCUT2D eigenvalue weighted by Crippen LogP contribution is -2.44. The zero-order valence-corrected chi connectivity index (χ0v) is 10.8. The first-order valence-corrected chi connectivity index (χ1v) is 5.72. The van der Waals surface area contributed by atoms with Gasteiger partial charge in [0.25, 0.3) is 5.91 Å². The minimum absolute atomic E-state index is 0.0106. The number of amidine groups is 1. The Kier molecular flexibility index (Phi) is 4.65. The van der Waals surface area contributed by atoms with E-state index in [0.717, 1.165) is 5.69 Å². The lowest BCUT2D eigenvalue weighted by molar-refractivity contribution is 0.0944. The van der Waals surface area contributed by atoms with Crippen molar-refractivity contribution in [3.63, 3.8) is 0 Å². The number of aryl methyl sites for hydroxylation is 2. The van der Waals surface area contributed by atoms with Crippen molar-refractivity contribution in [1.82, 2.24) is 10.3 Å². The molecule has 0 saturated carbocycles. The van der Waals surface area contributed by atoms with Gasteiger partial charge in [0, 0.05) is 5.69 Å². The summed E-state index contributed by atoms with van der Waals surface area (Å²) in [5.41, 5.74) is 7.49. The maximum atomic E-state index is 12.0. The highest BCUT2D eigenvalue weighted by molar-refractivity contribution is 5.98. The fourth-order valence-electron chi connectivity index (χ4n) is 1.62. The summed E-state index contributed by atoms with van der Waals surface area (Å²) in [4.78, 5) is 16.2. The van der Waals surface area contributed by atoms with Crippen LogP contribution in [0.2, 0.25) is 0 Å². The zero-order chi connectivity index (χ0) is 13.7. The third kappa shape index (κ3) is 3.19. The lowest BCUT2D eigenvalue weighted by Gasteiger charge is -2.16. The van der Waals surface area contributed by atoms with Crippen LogP contribution in [-0.4, -0.2) is 28.0 Å². The van der Waals surface area contributed by atoms with Gasteiger partial charge < -0.3 is 16.3 Å². The van der Waals surface area contributed by atoms with Gasteiger partial charge in [-0.1, -0.05) is 12.1 Å². The molecule has 1 rings (SSSR count). The second kappa shape index (κ2) is 6.00. The topological polar surface area (TPSA) is 101 Å². The molecule has 0 aliphatic rings. The van der Waals surface area contributed by atoms with E-state index in [1.165, 1.54) is 0 Å². The van der Waals surface area contributed by atoms with Gasteiger partial charge in [0.05, 0.1) is 17.3 Å². The van der Waals surface area contributed by atoms with Gasteiger partial charge in [-0.15, -0.1) is 0 Å². The molecule has 1 aromatic rings. The van der Waals surface area contributed by atoms with E-state index in [1.54, 1.807) is 19.1 Å². The number of nitrogens with zero attached hydrogens (tertiary/aromatic N) is 2. The first kappa shape index (κ1) is 14.0. The average molecular weight is 250 g/mol. The van der Waals surface area contributed by atoms with E-state index < -0.39 is 6.04 Å². The van der Waals surface area contributed by atoms with E-state index in [4.69, 9.17) is 10.9 Å². The van der Waals surface area contributed by atoms with Crippen molar-refractivity contribution in [2.75, 3.05) is 0 Å². The quantitative estimate of drug-likeness (QED) is 0.320. The number of hydrogen-bond donors (Lipinski definition) is 3. The Labute approximate surface area is 106 Å². The van der Waals surface area contributed by atoms with Crippen LogP contribution in [0.25, 0.3) is 0 Å². The van der Waals surface area contributed by atoms with Crippen molar-refractivity contribution in [2.24, 2.45) is 10.9 Å². The summed E-state index contributed by atoms with van der Waals surface area (Å²) in [5, 5.41) is 14.2. The minimum Gasteiger partial charge on any atom is -0.409 e. The minimum atomic E-state index is -0.483. The molecule has 1 heterocycles. The number of amides is 1. The number of hydrogen-bond acceptors (Lipinski definition) is 4. The van der Waals surface area contributed by atoms with Crippen LogP contribution in [0, 0.1) is 13.8 Å². The molecule has 0 radical (unpaired) electrons. The van der Waals surface area contributed by atoms with E-state index in [-0.39, 0.29) is 11.7 Å². The van der Waals surface area contributed by atoms with Crippen LogP contribution in [0.5, 0.6) is 0 Å². The van der Waals surface area contributed by atoms with E-state index >= 15 is 0 Å². The highest BCUT2D eigenvalue weighted by Gasteiger charge is 2.17. The summed E-state index contributed by atoms with van der Waals surface area (Å²) in [6.07, 6.45) is 0.542. The first-order chi connectivity index (χ1) is 8.49. The number of nitrogens with one attached hydrogen (secondary N) is 1. The summed E-state index contributed by atoms with van der Waals surface area (Å²) in [6, 6.07) is 3.00. The van der Waals surface area contributed by atoms with Gasteiger partial charge in [-0.3, -0.25) is 9.78 Å². The largest absolute Gasteiger partial charge is 0.409 e. The molecule has 0 aliphatic carbocycles.